The first-order valence-corrected chi connectivity index (χ1v) is 13.3. The number of amides is 1. The van der Waals surface area contributed by atoms with Crippen molar-refractivity contribution >= 4 is 39.7 Å². The van der Waals surface area contributed by atoms with Crippen LogP contribution in [0.1, 0.15) is 22.3 Å². The van der Waals surface area contributed by atoms with Crippen LogP contribution in [0.15, 0.2) is 60.7 Å². The molecule has 39 heavy (non-hydrogen) atoms. The van der Waals surface area contributed by atoms with Crippen molar-refractivity contribution in [1.82, 2.24) is 4.90 Å². The van der Waals surface area contributed by atoms with Gasteiger partial charge in [-0.15, -0.1) is 12.4 Å². The standard InChI is InChI=1S/C26H28F3N3O5S.ClH/c1-32(2)13-4-14-37-24-15-18(7-11-21(24)17-5-8-19(9-6-17)26(27,28)29)25(34)30-20-10-12-23(33)22(16-20)31-38(3,35)36;/h5-12,15-16,31,33H,4,13-14H2,1-3H3,(H,30,34);1H. The fourth-order valence-corrected chi connectivity index (χ4v) is 4.08. The highest BCUT2D eigenvalue weighted by Gasteiger charge is 2.30. The van der Waals surface area contributed by atoms with Crippen molar-refractivity contribution in [1.29, 1.82) is 0 Å². The Morgan fingerprint density at radius 2 is 1.69 bits per heavy atom. The molecule has 0 fully saturated rings. The lowest BCUT2D eigenvalue weighted by Crippen LogP contribution is -2.16. The summed E-state index contributed by atoms with van der Waals surface area (Å²) in [6, 6.07) is 13.1. The van der Waals surface area contributed by atoms with Crippen LogP contribution >= 0.6 is 12.4 Å². The number of hydrogen-bond acceptors (Lipinski definition) is 6. The van der Waals surface area contributed by atoms with Gasteiger partial charge in [0.25, 0.3) is 5.91 Å². The van der Waals surface area contributed by atoms with Crippen LogP contribution in [-0.2, 0) is 16.2 Å². The number of aromatic hydroxyl groups is 1. The van der Waals surface area contributed by atoms with E-state index in [1.165, 1.54) is 42.5 Å². The van der Waals surface area contributed by atoms with Gasteiger partial charge in [-0.1, -0.05) is 12.1 Å². The molecule has 1 amide bonds. The van der Waals surface area contributed by atoms with Gasteiger partial charge in [-0.25, -0.2) is 8.42 Å². The highest BCUT2D eigenvalue weighted by atomic mass is 35.5. The van der Waals surface area contributed by atoms with E-state index < -0.39 is 27.7 Å². The SMILES string of the molecule is CN(C)CCCOc1cc(C(=O)Nc2ccc(O)c(NS(C)(=O)=O)c2)ccc1-c1ccc(C(F)(F)F)cc1.Cl. The third kappa shape index (κ3) is 9.34. The average molecular weight is 588 g/mol. The number of nitrogens with zero attached hydrogens (tertiary/aromatic N) is 1. The summed E-state index contributed by atoms with van der Waals surface area (Å²) < 4.78 is 70.1. The van der Waals surface area contributed by atoms with Gasteiger partial charge in [0.15, 0.2) is 0 Å². The molecule has 0 unspecified atom stereocenters. The van der Waals surface area contributed by atoms with E-state index >= 15 is 0 Å². The zero-order valence-corrected chi connectivity index (χ0v) is 23.0. The number of nitrogens with one attached hydrogen (secondary N) is 2. The first-order chi connectivity index (χ1) is 17.7. The Morgan fingerprint density at radius 3 is 2.28 bits per heavy atom. The largest absolute Gasteiger partial charge is 0.506 e. The molecule has 13 heteroatoms. The summed E-state index contributed by atoms with van der Waals surface area (Å²) in [5.74, 6) is -0.540. The average Bonchev–Trinajstić information content (AvgIpc) is 2.82. The van der Waals surface area contributed by atoms with Crippen molar-refractivity contribution in [2.45, 2.75) is 12.6 Å². The molecule has 0 heterocycles. The Balaban J connectivity index is 0.00000533. The number of halogens is 4. The van der Waals surface area contributed by atoms with Gasteiger partial charge in [-0.3, -0.25) is 9.52 Å². The topological polar surface area (TPSA) is 108 Å². The maximum Gasteiger partial charge on any atom is 0.416 e. The van der Waals surface area contributed by atoms with E-state index in [2.05, 4.69) is 10.0 Å². The van der Waals surface area contributed by atoms with E-state index in [9.17, 15) is 31.5 Å². The third-order valence-electron chi connectivity index (χ3n) is 5.32. The van der Waals surface area contributed by atoms with Gasteiger partial charge in [0.2, 0.25) is 10.0 Å². The molecule has 3 aromatic carbocycles. The number of sulfonamides is 1. The lowest BCUT2D eigenvalue weighted by atomic mass is 10.0. The van der Waals surface area contributed by atoms with E-state index in [1.807, 2.05) is 19.0 Å². The number of alkyl halides is 3. The van der Waals surface area contributed by atoms with E-state index in [4.69, 9.17) is 4.74 Å². The fraction of sp³-hybridized carbons (Fsp3) is 0.269. The molecule has 0 aliphatic rings. The molecule has 3 rings (SSSR count). The van der Waals surface area contributed by atoms with Crippen LogP contribution < -0.4 is 14.8 Å². The second-order valence-electron chi connectivity index (χ2n) is 8.85. The molecule has 3 aromatic rings. The fourth-order valence-electron chi connectivity index (χ4n) is 3.52. The smallest absolute Gasteiger partial charge is 0.416 e. The molecule has 0 aliphatic heterocycles. The summed E-state index contributed by atoms with van der Waals surface area (Å²) in [7, 11) is 0.165. The molecule has 8 nitrogen and oxygen atoms in total. The van der Waals surface area contributed by atoms with Gasteiger partial charge in [-0.05, 0) is 74.6 Å². The van der Waals surface area contributed by atoms with Gasteiger partial charge in [0.05, 0.1) is 24.1 Å². The highest BCUT2D eigenvalue weighted by Crippen LogP contribution is 2.35. The van der Waals surface area contributed by atoms with Crippen LogP contribution in [0, 0.1) is 0 Å². The highest BCUT2D eigenvalue weighted by molar-refractivity contribution is 7.92. The first kappa shape index (κ1) is 31.7. The quantitative estimate of drug-likeness (QED) is 0.165. The van der Waals surface area contributed by atoms with Crippen LogP contribution in [-0.4, -0.2) is 57.8 Å². The molecule has 0 aliphatic carbocycles. The summed E-state index contributed by atoms with van der Waals surface area (Å²) >= 11 is 0. The molecule has 0 atom stereocenters. The second-order valence-corrected chi connectivity index (χ2v) is 10.6. The van der Waals surface area contributed by atoms with Gasteiger partial charge in [0.1, 0.15) is 11.5 Å². The van der Waals surface area contributed by atoms with E-state index in [0.717, 1.165) is 24.9 Å². The molecule has 0 saturated heterocycles. The molecular weight excluding hydrogens is 559 g/mol. The molecule has 3 N–H and O–H groups in total. The lowest BCUT2D eigenvalue weighted by Gasteiger charge is -2.16. The van der Waals surface area contributed by atoms with Crippen molar-refractivity contribution in [3.8, 4) is 22.6 Å². The minimum atomic E-state index is -4.46. The van der Waals surface area contributed by atoms with E-state index in [1.54, 1.807) is 6.07 Å². The lowest BCUT2D eigenvalue weighted by molar-refractivity contribution is -0.137. The van der Waals surface area contributed by atoms with Gasteiger partial charge < -0.3 is 20.1 Å². The number of hydrogen-bond donors (Lipinski definition) is 3. The Kier molecular flexibility index (Phi) is 10.6. The van der Waals surface area contributed by atoms with Gasteiger partial charge >= 0.3 is 6.18 Å². The van der Waals surface area contributed by atoms with Crippen molar-refractivity contribution in [2.75, 3.05) is 43.5 Å². The van der Waals surface area contributed by atoms with Crippen LogP contribution in [0.3, 0.4) is 0 Å². The minimum Gasteiger partial charge on any atom is -0.506 e. The predicted molar refractivity (Wildman–Crippen MR) is 147 cm³/mol. The van der Waals surface area contributed by atoms with Crippen LogP contribution in [0.25, 0.3) is 11.1 Å². The maximum absolute atomic E-state index is 13.0. The van der Waals surface area contributed by atoms with Gasteiger partial charge in [0, 0.05) is 23.4 Å². The Bertz CT molecular complexity index is 1400. The molecule has 0 saturated carbocycles. The van der Waals surface area contributed by atoms with Crippen molar-refractivity contribution in [2.24, 2.45) is 0 Å². The Morgan fingerprint density at radius 1 is 1.03 bits per heavy atom. The number of carbonyl (C=O) groups is 1. The number of benzene rings is 3. The number of phenolic OH excluding ortho intramolecular Hbond substituents is 1. The number of ether oxygens (including phenoxy) is 1. The Labute approximate surface area is 231 Å². The molecule has 0 radical (unpaired) electrons. The van der Waals surface area contributed by atoms with Crippen molar-refractivity contribution in [3.63, 3.8) is 0 Å². The number of rotatable bonds is 10. The normalized spacial score (nSPS) is 11.6. The summed E-state index contributed by atoms with van der Waals surface area (Å²) in [6.07, 6.45) is -2.85. The molecule has 0 aromatic heterocycles. The van der Waals surface area contributed by atoms with E-state index in [0.29, 0.717) is 29.9 Å². The second kappa shape index (κ2) is 13.0. The first-order valence-electron chi connectivity index (χ1n) is 11.4. The summed E-state index contributed by atoms with van der Waals surface area (Å²) in [5, 5.41) is 12.5. The zero-order valence-electron chi connectivity index (χ0n) is 21.4. The van der Waals surface area contributed by atoms with E-state index in [-0.39, 0.29) is 35.1 Å². The number of carbonyl (C=O) groups excluding carboxylic acids is 1. The van der Waals surface area contributed by atoms with Gasteiger partial charge in [-0.2, -0.15) is 13.2 Å². The van der Waals surface area contributed by atoms with Crippen LogP contribution in [0.2, 0.25) is 0 Å². The summed E-state index contributed by atoms with van der Waals surface area (Å²) in [5.41, 5.74) is 0.553. The zero-order chi connectivity index (χ0) is 28.1. The molecule has 0 bridgehead atoms. The molecule has 212 valence electrons. The maximum atomic E-state index is 13.0. The summed E-state index contributed by atoms with van der Waals surface area (Å²) in [4.78, 5) is 15.0. The van der Waals surface area contributed by atoms with Crippen LogP contribution in [0.4, 0.5) is 24.5 Å². The molecule has 0 spiro atoms. The number of phenols is 1. The Hall–Kier alpha value is -3.48. The van der Waals surface area contributed by atoms with Crippen molar-refractivity contribution < 1.29 is 36.2 Å². The molecular formula is C26H29ClF3N3O5S. The number of anilines is 2. The third-order valence-corrected chi connectivity index (χ3v) is 5.91. The summed E-state index contributed by atoms with van der Waals surface area (Å²) in [6.45, 7) is 1.07. The van der Waals surface area contributed by atoms with Crippen LogP contribution in [0.5, 0.6) is 11.5 Å². The predicted octanol–water partition coefficient (Wildman–Crippen LogP) is 5.45. The minimum absolute atomic E-state index is 0. The van der Waals surface area contributed by atoms with Crippen molar-refractivity contribution in [3.05, 3.63) is 71.8 Å². The monoisotopic (exact) mass is 587 g/mol.